The molecular formula is C21H30O2. The van der Waals surface area contributed by atoms with Gasteiger partial charge in [-0.2, -0.15) is 0 Å². The molecule has 1 N–H and O–H groups in total. The summed E-state index contributed by atoms with van der Waals surface area (Å²) < 4.78 is 0. The minimum Gasteiger partial charge on any atom is -0.393 e. The Kier molecular flexibility index (Phi) is 5.21. The molecule has 2 saturated carbocycles. The normalized spacial score (nSPS) is 37.6. The van der Waals surface area contributed by atoms with E-state index in [1.807, 2.05) is 6.08 Å². The van der Waals surface area contributed by atoms with E-state index in [1.165, 1.54) is 19.3 Å². The van der Waals surface area contributed by atoms with Gasteiger partial charge in [-0.3, -0.25) is 4.79 Å². The van der Waals surface area contributed by atoms with Gasteiger partial charge in [0.2, 0.25) is 0 Å². The summed E-state index contributed by atoms with van der Waals surface area (Å²) in [5.74, 6) is 2.43. The Labute approximate surface area is 140 Å². The number of aliphatic hydroxyl groups excluding tert-OH is 1. The number of rotatable bonds is 8. The molecule has 0 aromatic heterocycles. The van der Waals surface area contributed by atoms with Gasteiger partial charge in [0.1, 0.15) is 0 Å². The van der Waals surface area contributed by atoms with Crippen LogP contribution < -0.4 is 0 Å². The van der Waals surface area contributed by atoms with Crippen molar-refractivity contribution in [1.29, 1.82) is 0 Å². The number of hydrogen-bond donors (Lipinski definition) is 1. The molecule has 0 heterocycles. The molecule has 3 rings (SSSR count). The minimum atomic E-state index is -0.304. The molecule has 2 bridgehead atoms. The van der Waals surface area contributed by atoms with Crippen molar-refractivity contribution < 1.29 is 9.90 Å². The van der Waals surface area contributed by atoms with Gasteiger partial charge in [0, 0.05) is 5.92 Å². The molecule has 6 atom stereocenters. The molecule has 2 nitrogen and oxygen atoms in total. The first kappa shape index (κ1) is 16.7. The molecule has 0 saturated heterocycles. The molecule has 0 radical (unpaired) electrons. The molecular weight excluding hydrogens is 284 g/mol. The quantitative estimate of drug-likeness (QED) is 0.408. The van der Waals surface area contributed by atoms with Gasteiger partial charge in [-0.1, -0.05) is 50.5 Å². The lowest BCUT2D eigenvalue weighted by Crippen LogP contribution is -2.21. The van der Waals surface area contributed by atoms with Gasteiger partial charge in [0.25, 0.3) is 0 Å². The first-order chi connectivity index (χ1) is 11.2. The summed E-state index contributed by atoms with van der Waals surface area (Å²) in [5.41, 5.74) is 0.993. The van der Waals surface area contributed by atoms with Crippen LogP contribution in [0.3, 0.4) is 0 Å². The van der Waals surface area contributed by atoms with E-state index < -0.39 is 0 Å². The molecule has 2 fully saturated rings. The number of Topliss-reactive ketones (excluding diaryl/α,β-unsaturated/α-hetero) is 1. The van der Waals surface area contributed by atoms with Crippen molar-refractivity contribution in [2.24, 2.45) is 29.6 Å². The van der Waals surface area contributed by atoms with E-state index >= 15 is 0 Å². The van der Waals surface area contributed by atoms with Crippen LogP contribution in [-0.2, 0) is 4.79 Å². The minimum absolute atomic E-state index is 0.207. The molecule has 126 valence electrons. The van der Waals surface area contributed by atoms with Crippen LogP contribution in [0.4, 0.5) is 0 Å². The lowest BCUT2D eigenvalue weighted by Gasteiger charge is -2.24. The van der Waals surface area contributed by atoms with E-state index in [4.69, 9.17) is 0 Å². The molecule has 2 heteroatoms. The fourth-order valence-electron chi connectivity index (χ4n) is 5.09. The Bertz CT molecular complexity index is 516. The number of hydrogen-bond acceptors (Lipinski definition) is 2. The average molecular weight is 314 g/mol. The molecule has 0 aromatic carbocycles. The number of unbranched alkanes of at least 4 members (excludes halogenated alkanes) is 2. The maximum Gasteiger partial charge on any atom is 0.162 e. The summed E-state index contributed by atoms with van der Waals surface area (Å²) in [6, 6.07) is 0. The summed E-state index contributed by atoms with van der Waals surface area (Å²) in [6.07, 6.45) is 15.3. The predicted octanol–water partition coefficient (Wildman–Crippen LogP) is 4.46. The number of ketones is 1. The van der Waals surface area contributed by atoms with Crippen molar-refractivity contribution in [2.75, 3.05) is 0 Å². The molecule has 0 spiro atoms. The monoisotopic (exact) mass is 314 g/mol. The molecule has 3 aliphatic carbocycles. The lowest BCUT2D eigenvalue weighted by molar-refractivity contribution is -0.119. The number of carbonyl (C=O) groups is 1. The van der Waals surface area contributed by atoms with E-state index in [9.17, 15) is 9.90 Å². The second-order valence-electron chi connectivity index (χ2n) is 7.59. The van der Waals surface area contributed by atoms with Gasteiger partial charge in [0.05, 0.1) is 6.10 Å². The Hall–Kier alpha value is -1.15. The Morgan fingerprint density at radius 3 is 2.87 bits per heavy atom. The zero-order valence-corrected chi connectivity index (χ0v) is 14.3. The Morgan fingerprint density at radius 1 is 1.35 bits per heavy atom. The number of carbonyl (C=O) groups excluding carboxylic acids is 1. The molecule has 0 unspecified atom stereocenters. The van der Waals surface area contributed by atoms with Crippen molar-refractivity contribution in [1.82, 2.24) is 0 Å². The second kappa shape index (κ2) is 7.17. The van der Waals surface area contributed by atoms with Gasteiger partial charge >= 0.3 is 0 Å². The second-order valence-corrected chi connectivity index (χ2v) is 7.59. The molecule has 0 aliphatic heterocycles. The third-order valence-corrected chi connectivity index (χ3v) is 6.14. The summed E-state index contributed by atoms with van der Waals surface area (Å²) in [5, 5.41) is 10.2. The van der Waals surface area contributed by atoms with E-state index in [1.54, 1.807) is 0 Å². The standard InChI is InChI=1S/C21H30O2/c1-3-5-6-8-16(22)11-12-18-17(7-4-2)19-14-9-10-15(13-14)20(19)21(18)23/h4,9-10,12,14-17,19-20,22H,2-3,5-8,11,13H2,1H3/b18-12+/t14-,15+,16-,17-,19+,20+/m0/s1. The van der Waals surface area contributed by atoms with E-state index in [0.29, 0.717) is 35.9 Å². The van der Waals surface area contributed by atoms with Crippen LogP contribution in [0.15, 0.2) is 36.5 Å². The van der Waals surface area contributed by atoms with Gasteiger partial charge in [-0.25, -0.2) is 0 Å². The van der Waals surface area contributed by atoms with Crippen molar-refractivity contribution in [3.63, 3.8) is 0 Å². The first-order valence-corrected chi connectivity index (χ1v) is 9.38. The van der Waals surface area contributed by atoms with E-state index in [2.05, 4.69) is 31.7 Å². The highest BCUT2D eigenvalue weighted by Gasteiger charge is 2.56. The summed E-state index contributed by atoms with van der Waals surface area (Å²) in [4.78, 5) is 12.9. The number of fused-ring (bicyclic) bond motifs is 5. The smallest absolute Gasteiger partial charge is 0.162 e. The average Bonchev–Trinajstić information content (AvgIpc) is 3.20. The zero-order chi connectivity index (χ0) is 16.4. The largest absolute Gasteiger partial charge is 0.393 e. The molecule has 0 aromatic rings. The van der Waals surface area contributed by atoms with Crippen LogP contribution in [0.1, 0.15) is 51.9 Å². The van der Waals surface area contributed by atoms with Gasteiger partial charge in [-0.05, 0) is 54.9 Å². The lowest BCUT2D eigenvalue weighted by atomic mass is 9.79. The molecule has 23 heavy (non-hydrogen) atoms. The Morgan fingerprint density at radius 2 is 2.13 bits per heavy atom. The Balaban J connectivity index is 1.69. The van der Waals surface area contributed by atoms with Crippen molar-refractivity contribution in [3.05, 3.63) is 36.5 Å². The third kappa shape index (κ3) is 3.10. The third-order valence-electron chi connectivity index (χ3n) is 6.14. The van der Waals surface area contributed by atoms with Gasteiger partial charge < -0.3 is 5.11 Å². The highest BCUT2D eigenvalue weighted by Crippen LogP contribution is 2.58. The van der Waals surface area contributed by atoms with Crippen LogP contribution in [0, 0.1) is 29.6 Å². The summed E-state index contributed by atoms with van der Waals surface area (Å²) in [7, 11) is 0. The topological polar surface area (TPSA) is 37.3 Å². The summed E-state index contributed by atoms with van der Waals surface area (Å²) >= 11 is 0. The molecule has 0 amide bonds. The van der Waals surface area contributed by atoms with Gasteiger partial charge in [0.15, 0.2) is 5.78 Å². The predicted molar refractivity (Wildman–Crippen MR) is 93.9 cm³/mol. The fourth-order valence-corrected chi connectivity index (χ4v) is 5.09. The molecule has 3 aliphatic rings. The SMILES string of the molecule is C=CC[C@H]1/C(=C\C[C@@H](O)CCCCC)C(=O)[C@H]2[C@@H]1[C@H]1C=C[C@@H]2C1. The number of aliphatic hydroxyl groups is 1. The van der Waals surface area contributed by atoms with Crippen LogP contribution in [-0.4, -0.2) is 17.0 Å². The van der Waals surface area contributed by atoms with Crippen molar-refractivity contribution >= 4 is 5.78 Å². The van der Waals surface area contributed by atoms with E-state index in [-0.39, 0.29) is 12.0 Å². The van der Waals surface area contributed by atoms with E-state index in [0.717, 1.165) is 24.8 Å². The maximum absolute atomic E-state index is 12.9. The van der Waals surface area contributed by atoms with Crippen LogP contribution in [0.2, 0.25) is 0 Å². The van der Waals surface area contributed by atoms with Crippen LogP contribution in [0.25, 0.3) is 0 Å². The highest BCUT2D eigenvalue weighted by molar-refractivity contribution is 6.01. The summed E-state index contributed by atoms with van der Waals surface area (Å²) in [6.45, 7) is 6.07. The number of allylic oxidation sites excluding steroid dienone is 4. The van der Waals surface area contributed by atoms with Crippen molar-refractivity contribution in [3.8, 4) is 0 Å². The fraction of sp³-hybridized carbons (Fsp3) is 0.667. The highest BCUT2D eigenvalue weighted by atomic mass is 16.3. The zero-order valence-electron chi connectivity index (χ0n) is 14.3. The van der Waals surface area contributed by atoms with Crippen molar-refractivity contribution in [2.45, 2.75) is 58.0 Å². The maximum atomic E-state index is 12.9. The van der Waals surface area contributed by atoms with Crippen LogP contribution >= 0.6 is 0 Å². The van der Waals surface area contributed by atoms with Gasteiger partial charge in [-0.15, -0.1) is 6.58 Å². The van der Waals surface area contributed by atoms with Crippen LogP contribution in [0.5, 0.6) is 0 Å². The first-order valence-electron chi connectivity index (χ1n) is 9.38.